The molecule has 0 amide bonds. The highest BCUT2D eigenvalue weighted by Gasteiger charge is 2.26. The van der Waals surface area contributed by atoms with Gasteiger partial charge in [0.25, 0.3) is 0 Å². The van der Waals surface area contributed by atoms with Crippen LogP contribution in [0.3, 0.4) is 0 Å². The Kier molecular flexibility index (Phi) is 3.62. The van der Waals surface area contributed by atoms with Gasteiger partial charge >= 0.3 is 6.01 Å². The maximum Gasteiger partial charge on any atom is 0.321 e. The fraction of sp³-hybridized carbons (Fsp3) is 0.231. The van der Waals surface area contributed by atoms with Crippen molar-refractivity contribution in [2.24, 2.45) is 0 Å². The van der Waals surface area contributed by atoms with E-state index in [0.29, 0.717) is 13.2 Å². The number of hydrogen-bond acceptors (Lipinski definition) is 5. The van der Waals surface area contributed by atoms with Crippen LogP contribution in [0.25, 0.3) is 0 Å². The highest BCUT2D eigenvalue weighted by atomic mass is 19.1. The van der Waals surface area contributed by atoms with Crippen molar-refractivity contribution in [1.82, 2.24) is 9.97 Å². The highest BCUT2D eigenvalue weighted by molar-refractivity contribution is 6.33. The number of hydrogen-bond donors (Lipinski definition) is 0. The fourth-order valence-corrected chi connectivity index (χ4v) is 1.87. The third-order valence-electron chi connectivity index (χ3n) is 2.78. The molecule has 0 atom stereocenters. The first-order chi connectivity index (χ1) is 9.75. The molecule has 1 aliphatic rings. The number of aromatic nitrogens is 2. The predicted molar refractivity (Wildman–Crippen MR) is 68.5 cm³/mol. The number of nitrogens with zero attached hydrogens (tertiary/aromatic N) is 2. The van der Waals surface area contributed by atoms with E-state index in [9.17, 15) is 4.39 Å². The second kappa shape index (κ2) is 5.56. The van der Waals surface area contributed by atoms with Gasteiger partial charge in [-0.15, -0.1) is 0 Å². The summed E-state index contributed by atoms with van der Waals surface area (Å²) >= 11 is 0. The van der Waals surface area contributed by atoms with Crippen LogP contribution in [0.4, 0.5) is 4.39 Å². The van der Waals surface area contributed by atoms with Crippen LogP contribution in [-0.2, 0) is 9.47 Å². The number of benzene rings is 1. The number of halogens is 1. The summed E-state index contributed by atoms with van der Waals surface area (Å²) in [5.41, 5.74) is 0.381. The molecule has 0 saturated carbocycles. The fourth-order valence-electron chi connectivity index (χ4n) is 1.87. The lowest BCUT2D eigenvalue weighted by atomic mass is 9.89. The lowest BCUT2D eigenvalue weighted by molar-refractivity contribution is -0.0458. The Balaban J connectivity index is 1.94. The molecule has 7 heteroatoms. The maximum atomic E-state index is 14.5. The summed E-state index contributed by atoms with van der Waals surface area (Å²) < 4.78 is 30.3. The molecule has 0 N–H and O–H groups in total. The van der Waals surface area contributed by atoms with Crippen LogP contribution in [0, 0.1) is 5.82 Å². The monoisotopic (exact) mass is 272 g/mol. The SMILES string of the molecule is [B]c1ccc(Oc2ncccn2)c(F)c1C1OCCO1. The third-order valence-corrected chi connectivity index (χ3v) is 2.78. The summed E-state index contributed by atoms with van der Waals surface area (Å²) in [5, 5.41) is 0. The molecule has 1 aliphatic heterocycles. The summed E-state index contributed by atoms with van der Waals surface area (Å²) in [5.74, 6) is -0.663. The van der Waals surface area contributed by atoms with Gasteiger partial charge in [0.1, 0.15) is 7.85 Å². The standard InChI is InChI=1S/C13H10BFN2O3/c14-8-2-3-9(20-13-16-4-1-5-17-13)11(15)10(8)12-18-6-7-19-12/h1-5,12H,6-7H2. The van der Waals surface area contributed by atoms with Crippen LogP contribution in [0.5, 0.6) is 11.8 Å². The minimum Gasteiger partial charge on any atom is -0.421 e. The molecule has 0 bridgehead atoms. The Bertz CT molecular complexity index is 606. The van der Waals surface area contributed by atoms with Crippen molar-refractivity contribution in [2.75, 3.05) is 13.2 Å². The van der Waals surface area contributed by atoms with Crippen molar-refractivity contribution in [2.45, 2.75) is 6.29 Å². The zero-order chi connectivity index (χ0) is 13.9. The molecule has 20 heavy (non-hydrogen) atoms. The van der Waals surface area contributed by atoms with Gasteiger partial charge in [0, 0.05) is 18.0 Å². The van der Waals surface area contributed by atoms with E-state index in [-0.39, 0.29) is 22.8 Å². The van der Waals surface area contributed by atoms with Gasteiger partial charge in [-0.1, -0.05) is 11.5 Å². The molecule has 0 spiro atoms. The van der Waals surface area contributed by atoms with E-state index in [1.807, 2.05) is 0 Å². The first-order valence-electron chi connectivity index (χ1n) is 6.01. The smallest absolute Gasteiger partial charge is 0.321 e. The Labute approximate surface area is 116 Å². The van der Waals surface area contributed by atoms with Gasteiger partial charge in [-0.25, -0.2) is 14.4 Å². The summed E-state index contributed by atoms with van der Waals surface area (Å²) in [4.78, 5) is 7.74. The zero-order valence-electron chi connectivity index (χ0n) is 10.5. The Morgan fingerprint density at radius 2 is 1.90 bits per heavy atom. The zero-order valence-corrected chi connectivity index (χ0v) is 10.5. The molecule has 0 aliphatic carbocycles. The van der Waals surface area contributed by atoms with E-state index in [2.05, 4.69) is 9.97 Å². The van der Waals surface area contributed by atoms with E-state index in [0.717, 1.165) is 0 Å². The van der Waals surface area contributed by atoms with Crippen LogP contribution in [0.1, 0.15) is 11.9 Å². The van der Waals surface area contributed by atoms with Crippen molar-refractivity contribution in [3.8, 4) is 11.8 Å². The van der Waals surface area contributed by atoms with Gasteiger partial charge in [0.05, 0.1) is 13.2 Å². The average Bonchev–Trinajstić information content (AvgIpc) is 2.97. The molecule has 100 valence electrons. The van der Waals surface area contributed by atoms with Gasteiger partial charge in [0.15, 0.2) is 17.9 Å². The van der Waals surface area contributed by atoms with E-state index < -0.39 is 12.1 Å². The summed E-state index contributed by atoms with van der Waals surface area (Å²) in [6.45, 7) is 0.798. The van der Waals surface area contributed by atoms with Gasteiger partial charge in [-0.2, -0.15) is 0 Å². The normalized spacial score (nSPS) is 15.4. The molecular formula is C13H10BFN2O3. The molecule has 2 radical (unpaired) electrons. The summed E-state index contributed by atoms with van der Waals surface area (Å²) in [6, 6.07) is 4.63. The van der Waals surface area contributed by atoms with E-state index in [4.69, 9.17) is 22.1 Å². The molecule has 1 fully saturated rings. The third kappa shape index (κ3) is 2.50. The molecule has 1 saturated heterocycles. The van der Waals surface area contributed by atoms with Crippen molar-refractivity contribution in [1.29, 1.82) is 0 Å². The Morgan fingerprint density at radius 3 is 2.60 bits per heavy atom. The van der Waals surface area contributed by atoms with Crippen molar-refractivity contribution >= 4 is 13.3 Å². The Hall–Kier alpha value is -1.99. The molecule has 1 aromatic carbocycles. The molecule has 2 heterocycles. The number of ether oxygens (including phenoxy) is 3. The molecule has 5 nitrogen and oxygen atoms in total. The first-order valence-corrected chi connectivity index (χ1v) is 6.01. The van der Waals surface area contributed by atoms with Crippen molar-refractivity contribution in [3.63, 3.8) is 0 Å². The molecular weight excluding hydrogens is 262 g/mol. The molecule has 2 aromatic rings. The summed E-state index contributed by atoms with van der Waals surface area (Å²) in [6.07, 6.45) is 2.19. The van der Waals surface area contributed by atoms with E-state index >= 15 is 0 Å². The quantitative estimate of drug-likeness (QED) is 0.787. The minimum atomic E-state index is -0.810. The Morgan fingerprint density at radius 1 is 1.20 bits per heavy atom. The largest absolute Gasteiger partial charge is 0.421 e. The van der Waals surface area contributed by atoms with Crippen LogP contribution < -0.4 is 10.2 Å². The average molecular weight is 272 g/mol. The highest BCUT2D eigenvalue weighted by Crippen LogP contribution is 2.30. The van der Waals surface area contributed by atoms with Crippen LogP contribution in [0.15, 0.2) is 30.6 Å². The van der Waals surface area contributed by atoms with Gasteiger partial charge in [-0.3, -0.25) is 0 Å². The van der Waals surface area contributed by atoms with Crippen molar-refractivity contribution in [3.05, 3.63) is 42.0 Å². The second-order valence-electron chi connectivity index (χ2n) is 4.09. The van der Waals surface area contributed by atoms with Gasteiger partial charge in [-0.05, 0) is 12.1 Å². The lowest BCUT2D eigenvalue weighted by Gasteiger charge is -2.16. The predicted octanol–water partition coefficient (Wildman–Crippen LogP) is 1.25. The topological polar surface area (TPSA) is 53.5 Å². The lowest BCUT2D eigenvalue weighted by Crippen LogP contribution is -2.18. The van der Waals surface area contributed by atoms with Crippen molar-refractivity contribution < 1.29 is 18.6 Å². The number of rotatable bonds is 3. The maximum absolute atomic E-state index is 14.5. The van der Waals surface area contributed by atoms with Crippen LogP contribution in [-0.4, -0.2) is 31.0 Å². The molecule has 0 unspecified atom stereocenters. The summed E-state index contributed by atoms with van der Waals surface area (Å²) in [7, 11) is 5.78. The second-order valence-corrected chi connectivity index (χ2v) is 4.09. The van der Waals surface area contributed by atoms with Crippen LogP contribution >= 0.6 is 0 Å². The first kappa shape index (κ1) is 13.0. The minimum absolute atomic E-state index is 0.0282. The van der Waals surface area contributed by atoms with Gasteiger partial charge < -0.3 is 14.2 Å². The van der Waals surface area contributed by atoms with Gasteiger partial charge in [0.2, 0.25) is 0 Å². The van der Waals surface area contributed by atoms with E-state index in [1.165, 1.54) is 24.5 Å². The van der Waals surface area contributed by atoms with Crippen LogP contribution in [0.2, 0.25) is 0 Å². The van der Waals surface area contributed by atoms with E-state index in [1.54, 1.807) is 6.07 Å². The molecule has 1 aromatic heterocycles. The molecule has 3 rings (SSSR count).